The van der Waals surface area contributed by atoms with E-state index >= 15 is 0 Å². The largest absolute Gasteiger partial charge is 0.508 e. The molecule has 0 spiro atoms. The van der Waals surface area contributed by atoms with Crippen molar-refractivity contribution in [2.24, 2.45) is 0 Å². The molecule has 1 atom stereocenters. The van der Waals surface area contributed by atoms with Gasteiger partial charge in [0.05, 0.1) is 11.7 Å². The Morgan fingerprint density at radius 3 is 2.16 bits per heavy atom. The van der Waals surface area contributed by atoms with Crippen LogP contribution in [-0.4, -0.2) is 15.3 Å². The number of hydrogen-bond acceptors (Lipinski definition) is 4. The van der Waals surface area contributed by atoms with Gasteiger partial charge < -0.3 is 10.4 Å². The first kappa shape index (κ1) is 13.3. The third-order valence-corrected chi connectivity index (χ3v) is 3.03. The van der Waals surface area contributed by atoms with E-state index in [1.807, 2.05) is 31.2 Å². The minimum atomic E-state index is 0.111. The van der Waals surface area contributed by atoms with Crippen LogP contribution in [0.1, 0.15) is 44.0 Å². The predicted octanol–water partition coefficient (Wildman–Crippen LogP) is 3.48. The highest BCUT2D eigenvalue weighted by Gasteiger charge is 2.07. The minimum Gasteiger partial charge on any atom is -0.508 e. The summed E-state index contributed by atoms with van der Waals surface area (Å²) in [4.78, 5) is 0. The summed E-state index contributed by atoms with van der Waals surface area (Å²) in [5, 5.41) is 20.9. The molecule has 0 aliphatic heterocycles. The second-order valence-corrected chi connectivity index (χ2v) is 4.96. The molecular formula is C15H19N3O. The molecule has 100 valence electrons. The van der Waals surface area contributed by atoms with Gasteiger partial charge in [-0.25, -0.2) is 0 Å². The Morgan fingerprint density at radius 2 is 1.63 bits per heavy atom. The highest BCUT2D eigenvalue weighted by atomic mass is 16.3. The van der Waals surface area contributed by atoms with E-state index < -0.39 is 0 Å². The molecule has 1 aromatic heterocycles. The van der Waals surface area contributed by atoms with Gasteiger partial charge in [-0.05, 0) is 42.7 Å². The van der Waals surface area contributed by atoms with E-state index in [1.54, 1.807) is 12.1 Å². The number of phenolic OH excluding ortho intramolecular Hbond substituents is 1. The van der Waals surface area contributed by atoms with Crippen LogP contribution in [0.15, 0.2) is 36.4 Å². The van der Waals surface area contributed by atoms with E-state index in [1.165, 1.54) is 0 Å². The summed E-state index contributed by atoms with van der Waals surface area (Å²) in [5.74, 6) is 1.41. The third-order valence-electron chi connectivity index (χ3n) is 3.03. The SMILES string of the molecule is CC(C)c1ccc(N[C@@H](C)c2ccc(O)cc2)nn1. The van der Waals surface area contributed by atoms with Gasteiger partial charge in [0.25, 0.3) is 0 Å². The molecule has 2 aromatic rings. The molecule has 4 heteroatoms. The van der Waals surface area contributed by atoms with Gasteiger partial charge in [0.1, 0.15) is 11.6 Å². The monoisotopic (exact) mass is 257 g/mol. The number of benzene rings is 1. The van der Waals surface area contributed by atoms with Gasteiger partial charge in [0, 0.05) is 0 Å². The topological polar surface area (TPSA) is 58.0 Å². The Morgan fingerprint density at radius 1 is 0.947 bits per heavy atom. The number of aromatic nitrogens is 2. The molecule has 0 saturated heterocycles. The Hall–Kier alpha value is -2.10. The smallest absolute Gasteiger partial charge is 0.149 e. The van der Waals surface area contributed by atoms with Crippen LogP contribution in [0.5, 0.6) is 5.75 Å². The third kappa shape index (κ3) is 3.44. The summed E-state index contributed by atoms with van der Waals surface area (Å²) in [6.45, 7) is 6.23. The lowest BCUT2D eigenvalue weighted by Crippen LogP contribution is -2.09. The van der Waals surface area contributed by atoms with Crippen LogP contribution in [0, 0.1) is 0 Å². The number of anilines is 1. The van der Waals surface area contributed by atoms with Crippen LogP contribution < -0.4 is 5.32 Å². The molecule has 1 aromatic carbocycles. The van der Waals surface area contributed by atoms with Crippen molar-refractivity contribution in [2.45, 2.75) is 32.7 Å². The van der Waals surface area contributed by atoms with Crippen LogP contribution in [0.3, 0.4) is 0 Å². The van der Waals surface area contributed by atoms with E-state index in [2.05, 4.69) is 29.4 Å². The van der Waals surface area contributed by atoms with Gasteiger partial charge in [-0.2, -0.15) is 5.10 Å². The highest BCUT2D eigenvalue weighted by molar-refractivity contribution is 5.38. The summed E-state index contributed by atoms with van der Waals surface area (Å²) < 4.78 is 0. The number of nitrogens with zero attached hydrogens (tertiary/aromatic N) is 2. The van der Waals surface area contributed by atoms with Crippen molar-refractivity contribution in [2.75, 3.05) is 5.32 Å². The number of rotatable bonds is 4. The molecule has 0 aliphatic rings. The lowest BCUT2D eigenvalue weighted by molar-refractivity contribution is 0.475. The minimum absolute atomic E-state index is 0.111. The van der Waals surface area contributed by atoms with Crippen molar-refractivity contribution in [3.8, 4) is 5.75 Å². The van der Waals surface area contributed by atoms with Gasteiger partial charge in [0.15, 0.2) is 0 Å². The molecule has 2 rings (SSSR count). The van der Waals surface area contributed by atoms with Crippen LogP contribution in [0.4, 0.5) is 5.82 Å². The van der Waals surface area contributed by atoms with Gasteiger partial charge >= 0.3 is 0 Å². The summed E-state index contributed by atoms with van der Waals surface area (Å²) in [7, 11) is 0. The van der Waals surface area contributed by atoms with Gasteiger partial charge in [-0.15, -0.1) is 5.10 Å². The Balaban J connectivity index is 2.06. The molecular weight excluding hydrogens is 238 g/mol. The molecule has 0 radical (unpaired) electrons. The maximum atomic E-state index is 9.27. The van der Waals surface area contributed by atoms with Crippen molar-refractivity contribution < 1.29 is 5.11 Å². The Labute approximate surface area is 113 Å². The lowest BCUT2D eigenvalue weighted by atomic mass is 10.1. The first-order valence-electron chi connectivity index (χ1n) is 6.45. The zero-order chi connectivity index (χ0) is 13.8. The van der Waals surface area contributed by atoms with Crippen molar-refractivity contribution in [1.82, 2.24) is 10.2 Å². The van der Waals surface area contributed by atoms with E-state index in [4.69, 9.17) is 0 Å². The fraction of sp³-hybridized carbons (Fsp3) is 0.333. The molecule has 0 fully saturated rings. The first-order chi connectivity index (χ1) is 9.06. The highest BCUT2D eigenvalue weighted by Crippen LogP contribution is 2.20. The number of aromatic hydroxyl groups is 1. The molecule has 0 unspecified atom stereocenters. The maximum Gasteiger partial charge on any atom is 0.149 e. The van der Waals surface area contributed by atoms with E-state index in [9.17, 15) is 5.11 Å². The second kappa shape index (κ2) is 5.69. The van der Waals surface area contributed by atoms with Gasteiger partial charge in [0.2, 0.25) is 0 Å². The molecule has 0 aliphatic carbocycles. The number of nitrogens with one attached hydrogen (secondary N) is 1. The average Bonchev–Trinajstić information content (AvgIpc) is 2.40. The van der Waals surface area contributed by atoms with E-state index in [0.717, 1.165) is 17.1 Å². The second-order valence-electron chi connectivity index (χ2n) is 4.96. The average molecular weight is 257 g/mol. The molecule has 4 nitrogen and oxygen atoms in total. The van der Waals surface area contributed by atoms with Crippen LogP contribution >= 0.6 is 0 Å². The van der Waals surface area contributed by atoms with Crippen molar-refractivity contribution in [1.29, 1.82) is 0 Å². The standard InChI is InChI=1S/C15H19N3O/c1-10(2)14-8-9-15(18-17-14)16-11(3)12-4-6-13(19)7-5-12/h4-11,19H,1-3H3,(H,16,18)/t11-/m0/s1. The van der Waals surface area contributed by atoms with Gasteiger partial charge in [-0.1, -0.05) is 26.0 Å². The molecule has 0 bridgehead atoms. The summed E-state index contributed by atoms with van der Waals surface area (Å²) >= 11 is 0. The predicted molar refractivity (Wildman–Crippen MR) is 76.3 cm³/mol. The Kier molecular flexibility index (Phi) is 4.00. The summed E-state index contributed by atoms with van der Waals surface area (Å²) in [6.07, 6.45) is 0. The van der Waals surface area contributed by atoms with Gasteiger partial charge in [-0.3, -0.25) is 0 Å². The number of hydrogen-bond donors (Lipinski definition) is 2. The van der Waals surface area contributed by atoms with Crippen LogP contribution in [0.2, 0.25) is 0 Å². The van der Waals surface area contributed by atoms with Crippen molar-refractivity contribution in [3.63, 3.8) is 0 Å². The first-order valence-corrected chi connectivity index (χ1v) is 6.45. The lowest BCUT2D eigenvalue weighted by Gasteiger charge is -2.15. The normalized spacial score (nSPS) is 12.4. The zero-order valence-corrected chi connectivity index (χ0v) is 11.5. The fourth-order valence-corrected chi connectivity index (χ4v) is 1.80. The quantitative estimate of drug-likeness (QED) is 0.880. The zero-order valence-electron chi connectivity index (χ0n) is 11.5. The van der Waals surface area contributed by atoms with E-state index in [-0.39, 0.29) is 11.8 Å². The van der Waals surface area contributed by atoms with Crippen LogP contribution in [-0.2, 0) is 0 Å². The molecule has 0 amide bonds. The van der Waals surface area contributed by atoms with Crippen molar-refractivity contribution >= 4 is 5.82 Å². The molecule has 1 heterocycles. The van der Waals surface area contributed by atoms with Crippen molar-refractivity contribution in [3.05, 3.63) is 47.7 Å². The summed E-state index contributed by atoms with van der Waals surface area (Å²) in [6, 6.07) is 11.2. The molecule has 19 heavy (non-hydrogen) atoms. The molecule has 2 N–H and O–H groups in total. The molecule has 0 saturated carbocycles. The van der Waals surface area contributed by atoms with Crippen LogP contribution in [0.25, 0.3) is 0 Å². The maximum absolute atomic E-state index is 9.27. The Bertz CT molecular complexity index is 520. The van der Waals surface area contributed by atoms with E-state index in [0.29, 0.717) is 5.92 Å². The number of phenols is 1. The fourth-order valence-electron chi connectivity index (χ4n) is 1.80. The summed E-state index contributed by atoms with van der Waals surface area (Å²) in [5.41, 5.74) is 2.08.